The molecular weight excluding hydrogens is 383 g/mol. The van der Waals surface area contributed by atoms with E-state index in [0.717, 1.165) is 5.69 Å². The highest BCUT2D eigenvalue weighted by Gasteiger charge is 2.23. The van der Waals surface area contributed by atoms with Crippen molar-refractivity contribution in [2.75, 3.05) is 11.9 Å². The van der Waals surface area contributed by atoms with E-state index >= 15 is 0 Å². The Morgan fingerprint density at radius 2 is 1.96 bits per heavy atom. The molecule has 1 amide bonds. The predicted octanol–water partition coefficient (Wildman–Crippen LogP) is 5.25. The fourth-order valence-corrected chi connectivity index (χ4v) is 3.92. The molecule has 3 rings (SSSR count). The average molecular weight is 407 g/mol. The van der Waals surface area contributed by atoms with Gasteiger partial charge in [0.05, 0.1) is 10.6 Å². The van der Waals surface area contributed by atoms with Gasteiger partial charge < -0.3 is 10.2 Å². The van der Waals surface area contributed by atoms with Gasteiger partial charge in [0, 0.05) is 25.0 Å². The lowest BCUT2D eigenvalue weighted by Crippen LogP contribution is -2.39. The van der Waals surface area contributed by atoms with Gasteiger partial charge in [-0.3, -0.25) is 4.79 Å². The Hall–Kier alpha value is -1.85. The van der Waals surface area contributed by atoms with Crippen LogP contribution in [0, 0.1) is 5.92 Å². The normalized spacial score (nSPS) is 16.0. The van der Waals surface area contributed by atoms with Gasteiger partial charge in [0.2, 0.25) is 5.28 Å². The number of anilines is 2. The molecule has 1 aliphatic carbocycles. The van der Waals surface area contributed by atoms with Crippen molar-refractivity contribution >= 4 is 40.6 Å². The number of halogens is 2. The molecule has 1 fully saturated rings. The van der Waals surface area contributed by atoms with Crippen molar-refractivity contribution < 1.29 is 4.79 Å². The van der Waals surface area contributed by atoms with E-state index in [0.29, 0.717) is 22.3 Å². The SMILES string of the molecule is CC(NC(=O)c1cc(N(C)c2ccnc(Cl)n2)ccc1Cl)C1CCCCC1. The Kier molecular flexibility index (Phi) is 6.55. The van der Waals surface area contributed by atoms with E-state index in [1.807, 2.05) is 18.0 Å². The quantitative estimate of drug-likeness (QED) is 0.688. The van der Waals surface area contributed by atoms with Gasteiger partial charge in [0.25, 0.3) is 5.91 Å². The first kappa shape index (κ1) is 19.9. The molecule has 144 valence electrons. The highest BCUT2D eigenvalue weighted by atomic mass is 35.5. The van der Waals surface area contributed by atoms with Gasteiger partial charge >= 0.3 is 0 Å². The van der Waals surface area contributed by atoms with Gasteiger partial charge in [-0.25, -0.2) is 9.97 Å². The molecule has 5 nitrogen and oxygen atoms in total. The molecular formula is C20H24Cl2N4O. The van der Waals surface area contributed by atoms with E-state index in [1.165, 1.54) is 32.1 Å². The zero-order valence-corrected chi connectivity index (χ0v) is 17.1. The number of carbonyl (C=O) groups is 1. The fraction of sp³-hybridized carbons (Fsp3) is 0.450. The summed E-state index contributed by atoms with van der Waals surface area (Å²) in [4.78, 5) is 22.8. The Balaban J connectivity index is 1.77. The molecule has 0 radical (unpaired) electrons. The summed E-state index contributed by atoms with van der Waals surface area (Å²) in [7, 11) is 1.86. The second kappa shape index (κ2) is 8.89. The standard InChI is InChI=1S/C20H24Cl2N4O/c1-13(14-6-4-3-5-7-14)24-19(27)16-12-15(8-9-17(16)21)26(2)18-10-11-23-20(22)25-18/h8-14H,3-7H2,1-2H3,(H,24,27). The lowest BCUT2D eigenvalue weighted by Gasteiger charge is -2.28. The average Bonchev–Trinajstić information content (AvgIpc) is 2.68. The molecule has 0 spiro atoms. The number of carbonyl (C=O) groups excluding carboxylic acids is 1. The molecule has 0 bridgehead atoms. The summed E-state index contributed by atoms with van der Waals surface area (Å²) in [5.74, 6) is 1.03. The number of amides is 1. The first-order chi connectivity index (χ1) is 13.0. The maximum absolute atomic E-state index is 12.8. The van der Waals surface area contributed by atoms with Crippen molar-refractivity contribution in [3.05, 3.63) is 46.3 Å². The monoisotopic (exact) mass is 406 g/mol. The first-order valence-electron chi connectivity index (χ1n) is 9.28. The van der Waals surface area contributed by atoms with Crippen LogP contribution >= 0.6 is 23.2 Å². The number of rotatable bonds is 5. The third-order valence-electron chi connectivity index (χ3n) is 5.25. The molecule has 7 heteroatoms. The summed E-state index contributed by atoms with van der Waals surface area (Å²) in [6.07, 6.45) is 7.72. The van der Waals surface area contributed by atoms with Crippen LogP contribution in [0.1, 0.15) is 49.4 Å². The third-order valence-corrected chi connectivity index (χ3v) is 5.76. The summed E-state index contributed by atoms with van der Waals surface area (Å²) >= 11 is 12.2. The highest BCUT2D eigenvalue weighted by molar-refractivity contribution is 6.34. The maximum Gasteiger partial charge on any atom is 0.253 e. The van der Waals surface area contributed by atoms with E-state index < -0.39 is 0 Å². The zero-order chi connectivity index (χ0) is 19.4. The van der Waals surface area contributed by atoms with E-state index in [1.54, 1.807) is 24.4 Å². The van der Waals surface area contributed by atoms with Crippen LogP contribution in [0.25, 0.3) is 0 Å². The summed E-state index contributed by atoms with van der Waals surface area (Å²) in [6, 6.07) is 7.25. The van der Waals surface area contributed by atoms with Crippen LogP contribution in [0.2, 0.25) is 10.3 Å². The Bertz CT molecular complexity index is 808. The summed E-state index contributed by atoms with van der Waals surface area (Å²) in [6.45, 7) is 2.08. The van der Waals surface area contributed by atoms with Crippen molar-refractivity contribution in [1.29, 1.82) is 0 Å². The number of aromatic nitrogens is 2. The molecule has 1 aromatic heterocycles. The Morgan fingerprint density at radius 3 is 2.67 bits per heavy atom. The number of hydrogen-bond acceptors (Lipinski definition) is 4. The summed E-state index contributed by atoms with van der Waals surface area (Å²) in [5.41, 5.74) is 1.26. The summed E-state index contributed by atoms with van der Waals surface area (Å²) in [5, 5.41) is 3.74. The molecule has 1 aromatic carbocycles. The van der Waals surface area contributed by atoms with Gasteiger partial charge in [-0.2, -0.15) is 0 Å². The number of benzene rings is 1. The van der Waals surface area contributed by atoms with Gasteiger partial charge in [-0.15, -0.1) is 0 Å². The van der Waals surface area contributed by atoms with Crippen molar-refractivity contribution in [2.45, 2.75) is 45.1 Å². The lowest BCUT2D eigenvalue weighted by atomic mass is 9.84. The van der Waals surface area contributed by atoms with Gasteiger partial charge in [-0.1, -0.05) is 30.9 Å². The van der Waals surface area contributed by atoms with Crippen molar-refractivity contribution in [3.63, 3.8) is 0 Å². The highest BCUT2D eigenvalue weighted by Crippen LogP contribution is 2.29. The third kappa shape index (κ3) is 4.90. The van der Waals surface area contributed by atoms with Gasteiger partial charge in [-0.05, 0) is 61.5 Å². The van der Waals surface area contributed by atoms with Crippen LogP contribution < -0.4 is 10.2 Å². The van der Waals surface area contributed by atoms with Crippen molar-refractivity contribution in [2.24, 2.45) is 5.92 Å². The van der Waals surface area contributed by atoms with Crippen LogP contribution in [0.4, 0.5) is 11.5 Å². The van der Waals surface area contributed by atoms with Crippen LogP contribution in [0.3, 0.4) is 0 Å². The van der Waals surface area contributed by atoms with Gasteiger partial charge in [0.1, 0.15) is 5.82 Å². The molecule has 27 heavy (non-hydrogen) atoms. The Labute approximate surface area is 170 Å². The fourth-order valence-electron chi connectivity index (χ4n) is 3.58. The number of nitrogens with one attached hydrogen (secondary N) is 1. The summed E-state index contributed by atoms with van der Waals surface area (Å²) < 4.78 is 0. The van der Waals surface area contributed by atoms with Crippen LogP contribution in [0.5, 0.6) is 0 Å². The predicted molar refractivity (Wildman–Crippen MR) is 110 cm³/mol. The number of hydrogen-bond donors (Lipinski definition) is 1. The molecule has 2 aromatic rings. The molecule has 1 atom stereocenters. The van der Waals surface area contributed by atoms with Crippen LogP contribution in [-0.4, -0.2) is 29.0 Å². The topological polar surface area (TPSA) is 58.1 Å². The second-order valence-electron chi connectivity index (χ2n) is 7.07. The molecule has 1 unspecified atom stereocenters. The smallest absolute Gasteiger partial charge is 0.253 e. The molecule has 0 aliphatic heterocycles. The van der Waals surface area contributed by atoms with Crippen molar-refractivity contribution in [1.82, 2.24) is 15.3 Å². The molecule has 0 saturated heterocycles. The Morgan fingerprint density at radius 1 is 1.22 bits per heavy atom. The molecule has 1 aliphatic rings. The van der Waals surface area contributed by atoms with Crippen molar-refractivity contribution in [3.8, 4) is 0 Å². The minimum atomic E-state index is -0.144. The first-order valence-corrected chi connectivity index (χ1v) is 10.0. The lowest BCUT2D eigenvalue weighted by molar-refractivity contribution is 0.0919. The van der Waals surface area contributed by atoms with Crippen LogP contribution in [-0.2, 0) is 0 Å². The molecule has 1 heterocycles. The second-order valence-corrected chi connectivity index (χ2v) is 7.81. The minimum absolute atomic E-state index is 0.135. The zero-order valence-electron chi connectivity index (χ0n) is 15.6. The number of nitrogens with zero attached hydrogens (tertiary/aromatic N) is 3. The van der Waals surface area contributed by atoms with E-state index in [-0.39, 0.29) is 17.2 Å². The van der Waals surface area contributed by atoms with E-state index in [4.69, 9.17) is 23.2 Å². The van der Waals surface area contributed by atoms with Gasteiger partial charge in [0.15, 0.2) is 0 Å². The maximum atomic E-state index is 12.8. The largest absolute Gasteiger partial charge is 0.349 e. The van der Waals surface area contributed by atoms with E-state index in [2.05, 4.69) is 22.2 Å². The molecule has 1 N–H and O–H groups in total. The molecule has 1 saturated carbocycles. The van der Waals surface area contributed by atoms with E-state index in [9.17, 15) is 4.79 Å². The minimum Gasteiger partial charge on any atom is -0.349 e. The van der Waals surface area contributed by atoms with Crippen LogP contribution in [0.15, 0.2) is 30.5 Å².